The zero-order chi connectivity index (χ0) is 15.4. The normalized spacial score (nSPS) is 17.4. The maximum atomic E-state index is 6.37. The Kier molecular flexibility index (Phi) is 5.16. The average molecular weight is 312 g/mol. The highest BCUT2D eigenvalue weighted by molar-refractivity contribution is 7.99. The largest absolute Gasteiger partial charge is 0.320 e. The molecule has 116 valence electrons. The average Bonchev–Trinajstić information content (AvgIpc) is 2.58. The first-order chi connectivity index (χ1) is 10.7. The molecule has 1 aromatic heterocycles. The fourth-order valence-corrected chi connectivity index (χ4v) is 4.31. The topological polar surface area (TPSA) is 38.9 Å². The van der Waals surface area contributed by atoms with Crippen LogP contribution in [0.1, 0.15) is 54.8 Å². The first-order valence-electron chi connectivity index (χ1n) is 8.18. The van der Waals surface area contributed by atoms with Crippen molar-refractivity contribution >= 4 is 11.8 Å². The summed E-state index contributed by atoms with van der Waals surface area (Å²) in [4.78, 5) is 4.70. The Bertz CT molecular complexity index is 606. The van der Waals surface area contributed by atoms with Crippen LogP contribution in [0.2, 0.25) is 0 Å². The zero-order valence-corrected chi connectivity index (χ0v) is 14.0. The molecular formula is C19H24N2S. The van der Waals surface area contributed by atoms with Crippen molar-refractivity contribution in [1.82, 2.24) is 4.98 Å². The van der Waals surface area contributed by atoms with E-state index in [1.54, 1.807) is 0 Å². The standard InChI is InChI=1S/C19H24N2S/c1-14-12-16(18(20)15-8-4-2-5-9-15)13-21-19(14)22-17-10-6-3-7-11-17/h2,4-5,8-9,12-13,17-18H,3,6-7,10-11,20H2,1H3/t18-/m1/s1. The zero-order valence-electron chi connectivity index (χ0n) is 13.2. The van der Waals surface area contributed by atoms with Crippen LogP contribution >= 0.6 is 11.8 Å². The van der Waals surface area contributed by atoms with Crippen LogP contribution in [0.25, 0.3) is 0 Å². The number of aryl methyl sites for hydroxylation is 1. The van der Waals surface area contributed by atoms with Gasteiger partial charge in [0, 0.05) is 11.4 Å². The van der Waals surface area contributed by atoms with E-state index in [0.29, 0.717) is 0 Å². The fraction of sp³-hybridized carbons (Fsp3) is 0.421. The van der Waals surface area contributed by atoms with Crippen LogP contribution in [0.4, 0.5) is 0 Å². The second-order valence-corrected chi connectivity index (χ2v) is 7.45. The van der Waals surface area contributed by atoms with Gasteiger partial charge in [-0.1, -0.05) is 49.6 Å². The van der Waals surface area contributed by atoms with Gasteiger partial charge in [-0.3, -0.25) is 0 Å². The minimum Gasteiger partial charge on any atom is -0.320 e. The molecule has 1 aromatic carbocycles. The van der Waals surface area contributed by atoms with Crippen molar-refractivity contribution in [1.29, 1.82) is 0 Å². The van der Waals surface area contributed by atoms with Crippen LogP contribution in [0.15, 0.2) is 47.6 Å². The Morgan fingerprint density at radius 3 is 2.50 bits per heavy atom. The van der Waals surface area contributed by atoms with E-state index in [-0.39, 0.29) is 6.04 Å². The van der Waals surface area contributed by atoms with Gasteiger partial charge >= 0.3 is 0 Å². The molecule has 2 nitrogen and oxygen atoms in total. The summed E-state index contributed by atoms with van der Waals surface area (Å²) in [6.07, 6.45) is 8.75. The van der Waals surface area contributed by atoms with E-state index in [2.05, 4.69) is 25.1 Å². The molecule has 1 atom stereocenters. The highest BCUT2D eigenvalue weighted by Gasteiger charge is 2.17. The van der Waals surface area contributed by atoms with Gasteiger partial charge in [-0.25, -0.2) is 4.98 Å². The Hall–Kier alpha value is -1.32. The molecule has 0 unspecified atom stereocenters. The maximum Gasteiger partial charge on any atom is 0.0991 e. The van der Waals surface area contributed by atoms with E-state index in [1.165, 1.54) is 42.7 Å². The molecule has 0 aliphatic heterocycles. The first-order valence-corrected chi connectivity index (χ1v) is 9.06. The van der Waals surface area contributed by atoms with Gasteiger partial charge in [0.15, 0.2) is 0 Å². The van der Waals surface area contributed by atoms with Gasteiger partial charge < -0.3 is 5.73 Å². The third-order valence-electron chi connectivity index (χ3n) is 4.40. The van der Waals surface area contributed by atoms with Crippen molar-refractivity contribution in [3.63, 3.8) is 0 Å². The van der Waals surface area contributed by atoms with Gasteiger partial charge in [0.2, 0.25) is 0 Å². The van der Waals surface area contributed by atoms with Crippen molar-refractivity contribution in [2.45, 2.75) is 55.3 Å². The number of rotatable bonds is 4. The molecule has 2 N–H and O–H groups in total. The smallest absolute Gasteiger partial charge is 0.0991 e. The lowest BCUT2D eigenvalue weighted by Crippen LogP contribution is -2.13. The molecule has 0 saturated heterocycles. The van der Waals surface area contributed by atoms with Crippen LogP contribution < -0.4 is 5.73 Å². The predicted octanol–water partition coefficient (Wildman–Crippen LogP) is 4.86. The van der Waals surface area contributed by atoms with E-state index in [1.807, 2.05) is 36.2 Å². The number of benzene rings is 1. The van der Waals surface area contributed by atoms with Crippen molar-refractivity contribution in [3.05, 3.63) is 59.3 Å². The summed E-state index contributed by atoms with van der Waals surface area (Å²) in [5, 5.41) is 1.92. The van der Waals surface area contributed by atoms with Crippen molar-refractivity contribution in [2.24, 2.45) is 5.73 Å². The molecule has 22 heavy (non-hydrogen) atoms. The van der Waals surface area contributed by atoms with Crippen molar-refractivity contribution in [3.8, 4) is 0 Å². The highest BCUT2D eigenvalue weighted by Crippen LogP contribution is 2.34. The first kappa shape index (κ1) is 15.6. The summed E-state index contributed by atoms with van der Waals surface area (Å²) in [5.41, 5.74) is 9.85. The van der Waals surface area contributed by atoms with Gasteiger partial charge in [-0.05, 0) is 42.5 Å². The number of nitrogens with two attached hydrogens (primary N) is 1. The molecule has 1 heterocycles. The summed E-state index contributed by atoms with van der Waals surface area (Å²) >= 11 is 1.96. The quantitative estimate of drug-likeness (QED) is 0.876. The Morgan fingerprint density at radius 2 is 1.82 bits per heavy atom. The number of hydrogen-bond donors (Lipinski definition) is 1. The summed E-state index contributed by atoms with van der Waals surface area (Å²) in [5.74, 6) is 0. The van der Waals surface area contributed by atoms with Crippen LogP contribution in [-0.4, -0.2) is 10.2 Å². The Labute approximate surface area is 137 Å². The highest BCUT2D eigenvalue weighted by atomic mass is 32.2. The van der Waals surface area contributed by atoms with Crippen LogP contribution in [0.5, 0.6) is 0 Å². The summed E-state index contributed by atoms with van der Waals surface area (Å²) in [6, 6.07) is 12.3. The number of pyridine rings is 1. The van der Waals surface area contributed by atoms with Crippen molar-refractivity contribution < 1.29 is 0 Å². The minimum atomic E-state index is -0.0962. The second kappa shape index (κ2) is 7.30. The Balaban J connectivity index is 1.74. The van der Waals surface area contributed by atoms with E-state index in [0.717, 1.165) is 16.4 Å². The number of hydrogen-bond acceptors (Lipinski definition) is 3. The van der Waals surface area contributed by atoms with Crippen LogP contribution in [-0.2, 0) is 0 Å². The molecular weight excluding hydrogens is 288 g/mol. The molecule has 3 heteroatoms. The van der Waals surface area contributed by atoms with Gasteiger partial charge in [-0.2, -0.15) is 0 Å². The van der Waals surface area contributed by atoms with E-state index in [4.69, 9.17) is 10.7 Å². The van der Waals surface area contributed by atoms with Crippen LogP contribution in [0, 0.1) is 6.92 Å². The van der Waals surface area contributed by atoms with Gasteiger partial charge in [0.1, 0.15) is 0 Å². The molecule has 0 spiro atoms. The third-order valence-corrected chi connectivity index (χ3v) is 5.86. The molecule has 0 radical (unpaired) electrons. The van der Waals surface area contributed by atoms with E-state index < -0.39 is 0 Å². The van der Waals surface area contributed by atoms with Gasteiger partial charge in [0.05, 0.1) is 11.1 Å². The molecule has 1 fully saturated rings. The summed E-state index contributed by atoms with van der Waals surface area (Å²) in [6.45, 7) is 2.15. The molecule has 2 aromatic rings. The summed E-state index contributed by atoms with van der Waals surface area (Å²) in [7, 11) is 0. The predicted molar refractivity (Wildman–Crippen MR) is 94.2 cm³/mol. The molecule has 0 amide bonds. The Morgan fingerprint density at radius 1 is 1.09 bits per heavy atom. The minimum absolute atomic E-state index is 0.0962. The molecule has 1 saturated carbocycles. The molecule has 0 bridgehead atoms. The van der Waals surface area contributed by atoms with E-state index >= 15 is 0 Å². The molecule has 1 aliphatic rings. The summed E-state index contributed by atoms with van der Waals surface area (Å²) < 4.78 is 0. The maximum absolute atomic E-state index is 6.37. The van der Waals surface area contributed by atoms with Crippen molar-refractivity contribution in [2.75, 3.05) is 0 Å². The van der Waals surface area contributed by atoms with Crippen LogP contribution in [0.3, 0.4) is 0 Å². The third kappa shape index (κ3) is 3.71. The lowest BCUT2D eigenvalue weighted by atomic mass is 10.0. The lowest BCUT2D eigenvalue weighted by Gasteiger charge is -2.21. The molecule has 1 aliphatic carbocycles. The number of aromatic nitrogens is 1. The lowest BCUT2D eigenvalue weighted by molar-refractivity contribution is 0.515. The second-order valence-electron chi connectivity index (χ2n) is 6.16. The molecule has 3 rings (SSSR count). The van der Waals surface area contributed by atoms with E-state index in [9.17, 15) is 0 Å². The SMILES string of the molecule is Cc1cc([C@H](N)c2ccccc2)cnc1SC1CCCCC1. The monoisotopic (exact) mass is 312 g/mol. The van der Waals surface area contributed by atoms with Gasteiger partial charge in [-0.15, -0.1) is 11.8 Å². The number of thioether (sulfide) groups is 1. The number of nitrogens with zero attached hydrogens (tertiary/aromatic N) is 1. The van der Waals surface area contributed by atoms with Gasteiger partial charge in [0.25, 0.3) is 0 Å². The fourth-order valence-electron chi connectivity index (χ4n) is 3.07.